The number of halogens is 2. The summed E-state index contributed by atoms with van der Waals surface area (Å²) < 4.78 is 19.4. The van der Waals surface area contributed by atoms with E-state index < -0.39 is 0 Å². The molecule has 0 saturated heterocycles. The van der Waals surface area contributed by atoms with Crippen LogP contribution in [-0.4, -0.2) is 11.0 Å². The first kappa shape index (κ1) is 14.5. The van der Waals surface area contributed by atoms with Gasteiger partial charge < -0.3 is 10.1 Å². The van der Waals surface area contributed by atoms with Gasteiger partial charge >= 0.3 is 0 Å². The predicted octanol–water partition coefficient (Wildman–Crippen LogP) is 3.81. The van der Waals surface area contributed by atoms with E-state index in [1.54, 1.807) is 12.3 Å². The molecule has 0 aliphatic heterocycles. The van der Waals surface area contributed by atoms with Crippen LogP contribution >= 0.6 is 15.9 Å². The first-order valence-corrected chi connectivity index (χ1v) is 7.75. The zero-order chi connectivity index (χ0) is 14.7. The Morgan fingerprint density at radius 3 is 2.81 bits per heavy atom. The molecule has 110 valence electrons. The van der Waals surface area contributed by atoms with E-state index in [9.17, 15) is 4.39 Å². The molecule has 21 heavy (non-hydrogen) atoms. The number of benzene rings is 1. The lowest BCUT2D eigenvalue weighted by atomic mass is 10.2. The molecule has 0 bridgehead atoms. The molecule has 0 amide bonds. The SMILES string of the molecule is Fc1ccc(COc2ccc(CNC3CC3)nc2)c(Br)c1. The largest absolute Gasteiger partial charge is 0.487 e. The number of aromatic nitrogens is 1. The Hall–Kier alpha value is -1.46. The van der Waals surface area contributed by atoms with E-state index in [1.165, 1.54) is 25.0 Å². The van der Waals surface area contributed by atoms with E-state index in [-0.39, 0.29) is 5.82 Å². The number of ether oxygens (including phenoxy) is 1. The quantitative estimate of drug-likeness (QED) is 0.859. The fourth-order valence-electron chi connectivity index (χ4n) is 1.94. The molecule has 1 aliphatic rings. The average molecular weight is 351 g/mol. The van der Waals surface area contributed by atoms with Crippen molar-refractivity contribution in [3.05, 3.63) is 58.1 Å². The van der Waals surface area contributed by atoms with E-state index in [0.29, 0.717) is 22.9 Å². The van der Waals surface area contributed by atoms with Crippen LogP contribution in [0.4, 0.5) is 4.39 Å². The topological polar surface area (TPSA) is 34.1 Å². The monoisotopic (exact) mass is 350 g/mol. The molecule has 1 aliphatic carbocycles. The van der Waals surface area contributed by atoms with Gasteiger partial charge in [-0.2, -0.15) is 0 Å². The fourth-order valence-corrected chi connectivity index (χ4v) is 2.40. The van der Waals surface area contributed by atoms with Gasteiger partial charge in [0.15, 0.2) is 0 Å². The molecule has 3 rings (SSSR count). The predicted molar refractivity (Wildman–Crippen MR) is 82.5 cm³/mol. The molecule has 0 radical (unpaired) electrons. The van der Waals surface area contributed by atoms with Crippen LogP contribution in [0.1, 0.15) is 24.1 Å². The van der Waals surface area contributed by atoms with Gasteiger partial charge in [0.25, 0.3) is 0 Å². The van der Waals surface area contributed by atoms with Crippen molar-refractivity contribution in [1.29, 1.82) is 0 Å². The third-order valence-electron chi connectivity index (χ3n) is 3.36. The maximum atomic E-state index is 13.0. The Morgan fingerprint density at radius 1 is 1.29 bits per heavy atom. The van der Waals surface area contributed by atoms with Crippen LogP contribution in [0.2, 0.25) is 0 Å². The summed E-state index contributed by atoms with van der Waals surface area (Å²) in [6.07, 6.45) is 4.27. The number of nitrogens with one attached hydrogen (secondary N) is 1. The average Bonchev–Trinajstić information content (AvgIpc) is 3.30. The summed E-state index contributed by atoms with van der Waals surface area (Å²) in [4.78, 5) is 4.37. The van der Waals surface area contributed by atoms with Crippen molar-refractivity contribution in [2.24, 2.45) is 0 Å². The lowest BCUT2D eigenvalue weighted by molar-refractivity contribution is 0.304. The summed E-state index contributed by atoms with van der Waals surface area (Å²) in [5.41, 5.74) is 1.91. The summed E-state index contributed by atoms with van der Waals surface area (Å²) in [6.45, 7) is 1.18. The summed E-state index contributed by atoms with van der Waals surface area (Å²) in [7, 11) is 0. The third-order valence-corrected chi connectivity index (χ3v) is 4.09. The molecule has 1 N–H and O–H groups in total. The van der Waals surface area contributed by atoms with Gasteiger partial charge in [0, 0.05) is 22.6 Å². The zero-order valence-electron chi connectivity index (χ0n) is 11.5. The zero-order valence-corrected chi connectivity index (χ0v) is 13.1. The number of pyridine rings is 1. The Morgan fingerprint density at radius 2 is 2.14 bits per heavy atom. The fraction of sp³-hybridized carbons (Fsp3) is 0.312. The van der Waals surface area contributed by atoms with Crippen molar-refractivity contribution in [1.82, 2.24) is 10.3 Å². The van der Waals surface area contributed by atoms with Crippen LogP contribution in [0.3, 0.4) is 0 Å². The van der Waals surface area contributed by atoms with Gasteiger partial charge in [0.1, 0.15) is 18.2 Å². The van der Waals surface area contributed by atoms with Crippen LogP contribution in [0.25, 0.3) is 0 Å². The lowest BCUT2D eigenvalue weighted by Crippen LogP contribution is -2.16. The molecule has 1 aromatic carbocycles. The molecule has 3 nitrogen and oxygen atoms in total. The van der Waals surface area contributed by atoms with Gasteiger partial charge in [0.05, 0.1) is 11.9 Å². The number of hydrogen-bond donors (Lipinski definition) is 1. The summed E-state index contributed by atoms with van der Waals surface area (Å²) in [5, 5.41) is 3.42. The van der Waals surface area contributed by atoms with Crippen molar-refractivity contribution in [2.45, 2.75) is 32.0 Å². The van der Waals surface area contributed by atoms with Crippen molar-refractivity contribution < 1.29 is 9.13 Å². The van der Waals surface area contributed by atoms with Gasteiger partial charge in [0.2, 0.25) is 0 Å². The molecule has 1 fully saturated rings. The summed E-state index contributed by atoms with van der Waals surface area (Å²) in [6, 6.07) is 9.12. The van der Waals surface area contributed by atoms with Crippen molar-refractivity contribution in [3.63, 3.8) is 0 Å². The van der Waals surface area contributed by atoms with Crippen LogP contribution in [0, 0.1) is 5.82 Å². The highest BCUT2D eigenvalue weighted by Gasteiger charge is 2.20. The molecular formula is C16H16BrFN2O. The first-order chi connectivity index (χ1) is 10.2. The molecule has 1 heterocycles. The minimum Gasteiger partial charge on any atom is -0.487 e. The maximum absolute atomic E-state index is 13.0. The molecule has 2 aromatic rings. The summed E-state index contributed by atoms with van der Waals surface area (Å²) >= 11 is 3.33. The van der Waals surface area contributed by atoms with Crippen LogP contribution in [0.5, 0.6) is 5.75 Å². The van der Waals surface area contributed by atoms with Crippen LogP contribution in [0.15, 0.2) is 41.0 Å². The highest BCUT2D eigenvalue weighted by atomic mass is 79.9. The standard InChI is InChI=1S/C16H16BrFN2O/c17-16-7-12(18)2-1-11(16)10-21-15-6-5-14(20-9-15)8-19-13-3-4-13/h1-2,5-7,9,13,19H,3-4,8,10H2. The third kappa shape index (κ3) is 4.25. The molecule has 5 heteroatoms. The van der Waals surface area contributed by atoms with Crippen molar-refractivity contribution >= 4 is 15.9 Å². The Balaban J connectivity index is 1.54. The summed E-state index contributed by atoms with van der Waals surface area (Å²) in [5.74, 6) is 0.446. The second kappa shape index (κ2) is 6.54. The highest BCUT2D eigenvalue weighted by molar-refractivity contribution is 9.10. The molecule has 1 aromatic heterocycles. The molecular weight excluding hydrogens is 335 g/mol. The van der Waals surface area contributed by atoms with Gasteiger partial charge in [-0.15, -0.1) is 0 Å². The van der Waals surface area contributed by atoms with E-state index >= 15 is 0 Å². The molecule has 0 atom stereocenters. The Labute approximate surface area is 131 Å². The molecule has 1 saturated carbocycles. The van der Waals surface area contributed by atoms with E-state index in [4.69, 9.17) is 4.74 Å². The highest BCUT2D eigenvalue weighted by Crippen LogP contribution is 2.21. The Kier molecular flexibility index (Phi) is 4.51. The second-order valence-electron chi connectivity index (χ2n) is 5.16. The van der Waals surface area contributed by atoms with E-state index in [0.717, 1.165) is 17.8 Å². The smallest absolute Gasteiger partial charge is 0.138 e. The van der Waals surface area contributed by atoms with Crippen LogP contribution < -0.4 is 10.1 Å². The van der Waals surface area contributed by atoms with Gasteiger partial charge in [-0.3, -0.25) is 4.98 Å². The van der Waals surface area contributed by atoms with Gasteiger partial charge in [-0.25, -0.2) is 4.39 Å². The number of nitrogens with zero attached hydrogens (tertiary/aromatic N) is 1. The van der Waals surface area contributed by atoms with Gasteiger partial charge in [-0.05, 0) is 37.1 Å². The Bertz CT molecular complexity index is 614. The normalized spacial score (nSPS) is 14.2. The molecule has 0 spiro atoms. The molecule has 0 unspecified atom stereocenters. The van der Waals surface area contributed by atoms with Gasteiger partial charge in [-0.1, -0.05) is 22.0 Å². The maximum Gasteiger partial charge on any atom is 0.138 e. The number of hydrogen-bond acceptors (Lipinski definition) is 3. The second-order valence-corrected chi connectivity index (χ2v) is 6.02. The number of rotatable bonds is 6. The van der Waals surface area contributed by atoms with E-state index in [1.807, 2.05) is 12.1 Å². The van der Waals surface area contributed by atoms with E-state index in [2.05, 4.69) is 26.2 Å². The van der Waals surface area contributed by atoms with Crippen LogP contribution in [-0.2, 0) is 13.2 Å². The van der Waals surface area contributed by atoms with Crippen molar-refractivity contribution in [3.8, 4) is 5.75 Å². The minimum atomic E-state index is -0.264. The lowest BCUT2D eigenvalue weighted by Gasteiger charge is -2.08. The first-order valence-electron chi connectivity index (χ1n) is 6.96. The van der Waals surface area contributed by atoms with Crippen molar-refractivity contribution in [2.75, 3.05) is 0 Å². The minimum absolute atomic E-state index is 0.264.